The van der Waals surface area contributed by atoms with Crippen molar-refractivity contribution in [3.05, 3.63) is 0 Å². The quantitative estimate of drug-likeness (QED) is 0.483. The number of halogens is 1. The molecule has 0 atom stereocenters. The van der Waals surface area contributed by atoms with Gasteiger partial charge in [0.2, 0.25) is 0 Å². The lowest BCUT2D eigenvalue weighted by Crippen LogP contribution is -2.02. The van der Waals surface area contributed by atoms with Gasteiger partial charge in [0, 0.05) is 3.92 Å². The molecule has 68 valence electrons. The van der Waals surface area contributed by atoms with Gasteiger partial charge in [0.1, 0.15) is 0 Å². The molecule has 0 spiro atoms. The molecule has 0 radical (unpaired) electrons. The second kappa shape index (κ2) is 7.35. The van der Waals surface area contributed by atoms with E-state index in [9.17, 15) is 0 Å². The average Bonchev–Trinajstić information content (AvgIpc) is 1.87. The zero-order chi connectivity index (χ0) is 8.69. The SMILES string of the molecule is CN(C)C.IC1CCCCC1. The van der Waals surface area contributed by atoms with Gasteiger partial charge in [-0.2, -0.15) is 0 Å². The van der Waals surface area contributed by atoms with Gasteiger partial charge in [-0.3, -0.25) is 0 Å². The lowest BCUT2D eigenvalue weighted by Gasteiger charge is -2.13. The molecule has 1 saturated carbocycles. The Morgan fingerprint density at radius 3 is 1.55 bits per heavy atom. The third kappa shape index (κ3) is 10.7. The van der Waals surface area contributed by atoms with Gasteiger partial charge in [-0.25, -0.2) is 0 Å². The van der Waals surface area contributed by atoms with Crippen molar-refractivity contribution in [2.75, 3.05) is 21.1 Å². The highest BCUT2D eigenvalue weighted by Crippen LogP contribution is 2.23. The van der Waals surface area contributed by atoms with E-state index >= 15 is 0 Å². The first-order chi connectivity index (χ1) is 5.13. The Bertz CT molecular complexity index is 74.9. The molecule has 0 N–H and O–H groups in total. The number of hydrogen-bond donors (Lipinski definition) is 0. The Hall–Kier alpha value is 0.690. The van der Waals surface area contributed by atoms with Crippen LogP contribution in [-0.4, -0.2) is 30.0 Å². The lowest BCUT2D eigenvalue weighted by molar-refractivity contribution is 0.505. The predicted molar refractivity (Wildman–Crippen MR) is 60.5 cm³/mol. The maximum absolute atomic E-state index is 2.56. The van der Waals surface area contributed by atoms with E-state index in [1.54, 1.807) is 0 Å². The van der Waals surface area contributed by atoms with Gasteiger partial charge in [0.15, 0.2) is 0 Å². The molecule has 0 saturated heterocycles. The van der Waals surface area contributed by atoms with Crippen molar-refractivity contribution in [1.29, 1.82) is 0 Å². The first-order valence-electron chi connectivity index (χ1n) is 4.38. The molecule has 1 aliphatic carbocycles. The standard InChI is InChI=1S/C6H11I.C3H9N/c7-6-4-2-1-3-5-6;1-4(2)3/h6H,1-5H2;1-3H3. The minimum Gasteiger partial charge on any atom is -0.312 e. The van der Waals surface area contributed by atoms with Gasteiger partial charge in [0.05, 0.1) is 0 Å². The topological polar surface area (TPSA) is 3.24 Å². The maximum Gasteiger partial charge on any atom is 0.0110 e. The fraction of sp³-hybridized carbons (Fsp3) is 1.00. The summed E-state index contributed by atoms with van der Waals surface area (Å²) in [6.45, 7) is 0. The smallest absolute Gasteiger partial charge is 0.0110 e. The molecule has 0 amide bonds. The summed E-state index contributed by atoms with van der Waals surface area (Å²) in [6.07, 6.45) is 7.39. The van der Waals surface area contributed by atoms with Gasteiger partial charge >= 0.3 is 0 Å². The minimum absolute atomic E-state index is 1.01. The second-order valence-corrected chi connectivity index (χ2v) is 5.34. The van der Waals surface area contributed by atoms with Crippen molar-refractivity contribution in [2.24, 2.45) is 0 Å². The third-order valence-electron chi connectivity index (χ3n) is 1.53. The summed E-state index contributed by atoms with van der Waals surface area (Å²) < 4.78 is 1.01. The normalized spacial score (nSPS) is 19.4. The Morgan fingerprint density at radius 1 is 1.00 bits per heavy atom. The number of alkyl halides is 1. The zero-order valence-electron chi connectivity index (χ0n) is 7.94. The van der Waals surface area contributed by atoms with Crippen molar-refractivity contribution >= 4 is 22.6 Å². The molecule has 2 heteroatoms. The van der Waals surface area contributed by atoms with Crippen molar-refractivity contribution < 1.29 is 0 Å². The molecule has 0 aromatic rings. The van der Waals surface area contributed by atoms with Gasteiger partial charge < -0.3 is 4.90 Å². The van der Waals surface area contributed by atoms with Crippen LogP contribution in [0.4, 0.5) is 0 Å². The summed E-state index contributed by atoms with van der Waals surface area (Å²) in [7, 11) is 6.00. The molecular formula is C9H20IN. The van der Waals surface area contributed by atoms with Crippen LogP contribution in [0.2, 0.25) is 0 Å². The molecule has 0 aromatic carbocycles. The fourth-order valence-corrected chi connectivity index (χ4v) is 1.93. The summed E-state index contributed by atoms with van der Waals surface area (Å²) in [4.78, 5) is 2.00. The Labute approximate surface area is 84.7 Å². The van der Waals surface area contributed by atoms with Crippen LogP contribution in [0.1, 0.15) is 32.1 Å². The number of rotatable bonds is 0. The molecule has 0 unspecified atom stereocenters. The number of hydrogen-bond acceptors (Lipinski definition) is 1. The highest BCUT2D eigenvalue weighted by Gasteiger charge is 2.07. The molecular weight excluding hydrogens is 249 g/mol. The summed E-state index contributed by atoms with van der Waals surface area (Å²) in [5, 5.41) is 0. The van der Waals surface area contributed by atoms with E-state index in [0.29, 0.717) is 0 Å². The van der Waals surface area contributed by atoms with Crippen molar-refractivity contribution in [3.8, 4) is 0 Å². The molecule has 0 aliphatic heterocycles. The molecule has 0 bridgehead atoms. The first-order valence-corrected chi connectivity index (χ1v) is 5.62. The molecule has 1 rings (SSSR count). The third-order valence-corrected chi connectivity index (χ3v) is 2.78. The van der Waals surface area contributed by atoms with Crippen LogP contribution in [-0.2, 0) is 0 Å². The summed E-state index contributed by atoms with van der Waals surface area (Å²) in [5.74, 6) is 0. The fourth-order valence-electron chi connectivity index (χ4n) is 1.05. The number of nitrogens with zero attached hydrogens (tertiary/aromatic N) is 1. The molecule has 11 heavy (non-hydrogen) atoms. The Morgan fingerprint density at radius 2 is 1.36 bits per heavy atom. The van der Waals surface area contributed by atoms with Gasteiger partial charge in [0.25, 0.3) is 0 Å². The van der Waals surface area contributed by atoms with E-state index in [1.165, 1.54) is 32.1 Å². The highest BCUT2D eigenvalue weighted by atomic mass is 127. The van der Waals surface area contributed by atoms with Crippen LogP contribution in [0.3, 0.4) is 0 Å². The summed E-state index contributed by atoms with van der Waals surface area (Å²) >= 11 is 2.56. The van der Waals surface area contributed by atoms with E-state index < -0.39 is 0 Å². The van der Waals surface area contributed by atoms with Crippen LogP contribution < -0.4 is 0 Å². The average molecular weight is 269 g/mol. The minimum atomic E-state index is 1.01. The van der Waals surface area contributed by atoms with Crippen molar-refractivity contribution in [3.63, 3.8) is 0 Å². The molecule has 0 aromatic heterocycles. The molecule has 1 aliphatic rings. The predicted octanol–water partition coefficient (Wildman–Crippen LogP) is 2.93. The molecule has 1 fully saturated rings. The van der Waals surface area contributed by atoms with E-state index in [2.05, 4.69) is 22.6 Å². The molecule has 0 heterocycles. The summed E-state index contributed by atoms with van der Waals surface area (Å²) in [5.41, 5.74) is 0. The molecule has 1 nitrogen and oxygen atoms in total. The van der Waals surface area contributed by atoms with E-state index in [0.717, 1.165) is 3.92 Å². The monoisotopic (exact) mass is 269 g/mol. The second-order valence-electron chi connectivity index (χ2n) is 3.58. The van der Waals surface area contributed by atoms with Gasteiger partial charge in [-0.15, -0.1) is 0 Å². The summed E-state index contributed by atoms with van der Waals surface area (Å²) in [6, 6.07) is 0. The van der Waals surface area contributed by atoms with Crippen molar-refractivity contribution in [1.82, 2.24) is 4.90 Å². The van der Waals surface area contributed by atoms with E-state index in [-0.39, 0.29) is 0 Å². The Balaban J connectivity index is 0.000000218. The highest BCUT2D eigenvalue weighted by molar-refractivity contribution is 14.1. The van der Waals surface area contributed by atoms with Crippen LogP contribution in [0.15, 0.2) is 0 Å². The van der Waals surface area contributed by atoms with Crippen LogP contribution in [0, 0.1) is 0 Å². The lowest BCUT2D eigenvalue weighted by atomic mass is 10.0. The van der Waals surface area contributed by atoms with Gasteiger partial charge in [-0.05, 0) is 34.0 Å². The van der Waals surface area contributed by atoms with Crippen molar-refractivity contribution in [2.45, 2.75) is 36.0 Å². The Kier molecular flexibility index (Phi) is 7.81. The van der Waals surface area contributed by atoms with Crippen LogP contribution in [0.5, 0.6) is 0 Å². The van der Waals surface area contributed by atoms with Gasteiger partial charge in [-0.1, -0.05) is 41.9 Å². The van der Waals surface area contributed by atoms with E-state index in [4.69, 9.17) is 0 Å². The van der Waals surface area contributed by atoms with Crippen LogP contribution in [0.25, 0.3) is 0 Å². The van der Waals surface area contributed by atoms with Crippen LogP contribution >= 0.6 is 22.6 Å². The van der Waals surface area contributed by atoms with E-state index in [1.807, 2.05) is 26.0 Å². The first kappa shape index (κ1) is 11.7. The largest absolute Gasteiger partial charge is 0.312 e. The zero-order valence-corrected chi connectivity index (χ0v) is 10.1. The maximum atomic E-state index is 2.56.